The van der Waals surface area contributed by atoms with Crippen molar-refractivity contribution in [2.45, 2.75) is 32.4 Å². The first-order valence-corrected chi connectivity index (χ1v) is 9.39. The first-order valence-electron chi connectivity index (χ1n) is 9.39. The molecule has 0 N–H and O–H groups in total. The van der Waals surface area contributed by atoms with Gasteiger partial charge in [0, 0.05) is 36.6 Å². The van der Waals surface area contributed by atoms with E-state index in [9.17, 15) is 9.59 Å². The Balaban J connectivity index is 1.61. The predicted molar refractivity (Wildman–Crippen MR) is 101 cm³/mol. The molecule has 0 radical (unpaired) electrons. The van der Waals surface area contributed by atoms with Crippen LogP contribution in [0.2, 0.25) is 0 Å². The maximum absolute atomic E-state index is 13.0. The summed E-state index contributed by atoms with van der Waals surface area (Å²) in [5, 5.41) is 0. The maximum Gasteiger partial charge on any atom is 0.256 e. The summed E-state index contributed by atoms with van der Waals surface area (Å²) in [5.41, 5.74) is 2.07. The van der Waals surface area contributed by atoms with Gasteiger partial charge < -0.3 is 14.5 Å². The number of rotatable bonds is 2. The minimum atomic E-state index is -0.0807. The van der Waals surface area contributed by atoms with Crippen LogP contribution in [0.4, 0.5) is 0 Å². The van der Waals surface area contributed by atoms with Crippen molar-refractivity contribution in [3.8, 4) is 5.75 Å². The van der Waals surface area contributed by atoms with Crippen molar-refractivity contribution in [2.75, 3.05) is 19.7 Å². The van der Waals surface area contributed by atoms with Crippen molar-refractivity contribution in [1.82, 2.24) is 14.8 Å². The van der Waals surface area contributed by atoms with Crippen LogP contribution in [0.3, 0.4) is 0 Å². The highest BCUT2D eigenvalue weighted by Crippen LogP contribution is 2.28. The molecule has 3 heterocycles. The van der Waals surface area contributed by atoms with E-state index in [0.29, 0.717) is 24.3 Å². The number of hydrogen-bond donors (Lipinski definition) is 0. The summed E-state index contributed by atoms with van der Waals surface area (Å²) in [7, 11) is 0. The molecule has 0 saturated carbocycles. The number of carbonyl (C=O) groups excluding carboxylic acids is 2. The molecule has 2 aliphatic heterocycles. The standard InChI is InChI=1S/C21H23N3O3/c1-15-14-27-19-7-6-16(20(25)23-9-2-3-10-23)11-18(19)13-24(15)21(26)17-5-4-8-22-12-17/h4-8,11-12,15H,2-3,9-10,13-14H2,1H3/t15-/m0/s1. The quantitative estimate of drug-likeness (QED) is 0.821. The van der Waals surface area contributed by atoms with Gasteiger partial charge in [-0.3, -0.25) is 14.6 Å². The Morgan fingerprint density at radius 1 is 1.11 bits per heavy atom. The number of ether oxygens (including phenoxy) is 1. The van der Waals surface area contributed by atoms with Gasteiger partial charge in [-0.2, -0.15) is 0 Å². The number of pyridine rings is 1. The molecule has 1 aromatic carbocycles. The highest BCUT2D eigenvalue weighted by atomic mass is 16.5. The average molecular weight is 365 g/mol. The molecule has 0 unspecified atom stereocenters. The van der Waals surface area contributed by atoms with Gasteiger partial charge in [0.05, 0.1) is 18.2 Å². The molecule has 1 fully saturated rings. The van der Waals surface area contributed by atoms with E-state index in [0.717, 1.165) is 37.2 Å². The van der Waals surface area contributed by atoms with Crippen molar-refractivity contribution in [3.63, 3.8) is 0 Å². The van der Waals surface area contributed by atoms with Crippen LogP contribution < -0.4 is 4.74 Å². The second-order valence-corrected chi connectivity index (χ2v) is 7.16. The van der Waals surface area contributed by atoms with E-state index in [1.54, 1.807) is 29.4 Å². The molecule has 4 rings (SSSR count). The molecule has 6 nitrogen and oxygen atoms in total. The third-order valence-corrected chi connectivity index (χ3v) is 5.22. The van der Waals surface area contributed by atoms with Crippen LogP contribution in [0.5, 0.6) is 5.75 Å². The van der Waals surface area contributed by atoms with E-state index in [-0.39, 0.29) is 17.9 Å². The van der Waals surface area contributed by atoms with E-state index >= 15 is 0 Å². The Labute approximate surface area is 158 Å². The maximum atomic E-state index is 13.0. The van der Waals surface area contributed by atoms with Crippen molar-refractivity contribution in [2.24, 2.45) is 0 Å². The summed E-state index contributed by atoms with van der Waals surface area (Å²) in [5.74, 6) is 0.711. The number of nitrogens with zero attached hydrogens (tertiary/aromatic N) is 3. The van der Waals surface area contributed by atoms with E-state index < -0.39 is 0 Å². The van der Waals surface area contributed by atoms with Gasteiger partial charge in [-0.25, -0.2) is 0 Å². The van der Waals surface area contributed by atoms with Crippen molar-refractivity contribution in [3.05, 3.63) is 59.4 Å². The van der Waals surface area contributed by atoms with Crippen LogP contribution in [-0.2, 0) is 6.54 Å². The summed E-state index contributed by atoms with van der Waals surface area (Å²) >= 11 is 0. The molecule has 27 heavy (non-hydrogen) atoms. The van der Waals surface area contributed by atoms with Crippen LogP contribution in [0.15, 0.2) is 42.7 Å². The van der Waals surface area contributed by atoms with Crippen LogP contribution in [0.1, 0.15) is 46.0 Å². The van der Waals surface area contributed by atoms with Crippen molar-refractivity contribution >= 4 is 11.8 Å². The van der Waals surface area contributed by atoms with E-state index in [1.807, 2.05) is 30.0 Å². The van der Waals surface area contributed by atoms with E-state index in [1.165, 1.54) is 0 Å². The van der Waals surface area contributed by atoms with Crippen molar-refractivity contribution < 1.29 is 14.3 Å². The number of benzene rings is 1. The van der Waals surface area contributed by atoms with Crippen LogP contribution in [-0.4, -0.2) is 52.3 Å². The summed E-state index contributed by atoms with van der Waals surface area (Å²) in [6.45, 7) is 4.42. The van der Waals surface area contributed by atoms with Gasteiger partial charge in [0.15, 0.2) is 0 Å². The van der Waals surface area contributed by atoms with Crippen LogP contribution >= 0.6 is 0 Å². The van der Waals surface area contributed by atoms with E-state index in [4.69, 9.17) is 4.74 Å². The Bertz CT molecular complexity index is 847. The first-order chi connectivity index (χ1) is 13.1. The fourth-order valence-corrected chi connectivity index (χ4v) is 3.65. The van der Waals surface area contributed by atoms with Gasteiger partial charge >= 0.3 is 0 Å². The fraction of sp³-hybridized carbons (Fsp3) is 0.381. The van der Waals surface area contributed by atoms with Gasteiger partial charge in [0.1, 0.15) is 12.4 Å². The largest absolute Gasteiger partial charge is 0.491 e. The third kappa shape index (κ3) is 3.52. The summed E-state index contributed by atoms with van der Waals surface area (Å²) in [4.78, 5) is 33.4. The van der Waals surface area contributed by atoms with Crippen molar-refractivity contribution in [1.29, 1.82) is 0 Å². The van der Waals surface area contributed by atoms with E-state index in [2.05, 4.69) is 4.98 Å². The Hall–Kier alpha value is -2.89. The second kappa shape index (κ2) is 7.39. The number of fused-ring (bicyclic) bond motifs is 1. The summed E-state index contributed by atoms with van der Waals surface area (Å²) in [6, 6.07) is 8.99. The number of aromatic nitrogens is 1. The smallest absolute Gasteiger partial charge is 0.256 e. The number of hydrogen-bond acceptors (Lipinski definition) is 4. The molecule has 2 amide bonds. The average Bonchev–Trinajstić information content (AvgIpc) is 3.19. The highest BCUT2D eigenvalue weighted by molar-refractivity contribution is 5.95. The van der Waals surface area contributed by atoms with Gasteiger partial charge in [-0.1, -0.05) is 0 Å². The zero-order valence-corrected chi connectivity index (χ0v) is 15.4. The Morgan fingerprint density at radius 3 is 2.67 bits per heavy atom. The minimum absolute atomic E-state index is 0.0535. The number of carbonyl (C=O) groups is 2. The zero-order chi connectivity index (χ0) is 18.8. The Morgan fingerprint density at radius 2 is 1.93 bits per heavy atom. The fourth-order valence-electron chi connectivity index (χ4n) is 3.65. The zero-order valence-electron chi connectivity index (χ0n) is 15.4. The topological polar surface area (TPSA) is 62.7 Å². The van der Waals surface area contributed by atoms with Gasteiger partial charge in [0.25, 0.3) is 11.8 Å². The third-order valence-electron chi connectivity index (χ3n) is 5.22. The lowest BCUT2D eigenvalue weighted by atomic mass is 10.1. The highest BCUT2D eigenvalue weighted by Gasteiger charge is 2.28. The molecule has 0 bridgehead atoms. The predicted octanol–water partition coefficient (Wildman–Crippen LogP) is 2.74. The normalized spacial score (nSPS) is 19.2. The SMILES string of the molecule is C[C@H]1COc2ccc(C(=O)N3CCCC3)cc2CN1C(=O)c1cccnc1. The molecule has 6 heteroatoms. The molecular formula is C21H23N3O3. The molecule has 0 aliphatic carbocycles. The summed E-state index contributed by atoms with van der Waals surface area (Å²) in [6.07, 6.45) is 5.35. The van der Waals surface area contributed by atoms with Crippen LogP contribution in [0.25, 0.3) is 0 Å². The molecule has 1 atom stereocenters. The van der Waals surface area contributed by atoms with Gasteiger partial charge in [-0.15, -0.1) is 0 Å². The molecule has 0 spiro atoms. The van der Waals surface area contributed by atoms with Gasteiger partial charge in [-0.05, 0) is 50.1 Å². The first kappa shape index (κ1) is 17.5. The lowest BCUT2D eigenvalue weighted by Gasteiger charge is -2.26. The lowest BCUT2D eigenvalue weighted by molar-refractivity contribution is 0.0645. The molecule has 1 aromatic heterocycles. The monoisotopic (exact) mass is 365 g/mol. The summed E-state index contributed by atoms with van der Waals surface area (Å²) < 4.78 is 5.90. The number of likely N-dealkylation sites (tertiary alicyclic amines) is 1. The molecule has 140 valence electrons. The lowest BCUT2D eigenvalue weighted by Crippen LogP contribution is -2.39. The van der Waals surface area contributed by atoms with Gasteiger partial charge in [0.2, 0.25) is 0 Å². The Kier molecular flexibility index (Phi) is 4.79. The minimum Gasteiger partial charge on any atom is -0.491 e. The second-order valence-electron chi connectivity index (χ2n) is 7.16. The molecule has 2 aromatic rings. The number of amides is 2. The molecule has 2 aliphatic rings. The molecular weight excluding hydrogens is 342 g/mol. The van der Waals surface area contributed by atoms with Crippen LogP contribution in [0, 0.1) is 0 Å². The molecule has 1 saturated heterocycles.